The van der Waals surface area contributed by atoms with E-state index >= 15 is 0 Å². The Morgan fingerprint density at radius 2 is 2.33 bits per heavy atom. The van der Waals surface area contributed by atoms with Gasteiger partial charge in [0.15, 0.2) is 0 Å². The zero-order valence-electron chi connectivity index (χ0n) is 9.88. The molecule has 0 bridgehead atoms. The van der Waals surface area contributed by atoms with E-state index in [1.807, 2.05) is 25.3 Å². The molecule has 15 heavy (non-hydrogen) atoms. The third kappa shape index (κ3) is 3.38. The normalized spacial score (nSPS) is 9.53. The zero-order valence-corrected chi connectivity index (χ0v) is 9.88. The lowest BCUT2D eigenvalue weighted by Crippen LogP contribution is -1.92. The largest absolute Gasteiger partial charge is 0.256 e. The minimum atomic E-state index is 1.07. The lowest BCUT2D eigenvalue weighted by atomic mass is 10.0. The minimum absolute atomic E-state index is 1.07. The Kier molecular flexibility index (Phi) is 4.86. The molecule has 80 valence electrons. The summed E-state index contributed by atoms with van der Waals surface area (Å²) in [6, 6.07) is 4.08. The molecular formula is C14H19N. The molecule has 0 atom stereocenters. The Morgan fingerprint density at radius 3 is 2.93 bits per heavy atom. The molecule has 0 saturated carbocycles. The van der Waals surface area contributed by atoms with Gasteiger partial charge in [-0.25, -0.2) is 0 Å². The monoisotopic (exact) mass is 201 g/mol. The Morgan fingerprint density at radius 1 is 1.53 bits per heavy atom. The van der Waals surface area contributed by atoms with E-state index in [0.717, 1.165) is 12.1 Å². The first kappa shape index (κ1) is 11.7. The van der Waals surface area contributed by atoms with Crippen LogP contribution in [0.5, 0.6) is 0 Å². The summed E-state index contributed by atoms with van der Waals surface area (Å²) in [6.07, 6.45) is 7.30. The summed E-state index contributed by atoms with van der Waals surface area (Å²) in [7, 11) is 0. The molecule has 0 spiro atoms. The van der Waals surface area contributed by atoms with E-state index in [2.05, 4.69) is 30.6 Å². The third-order valence-electron chi connectivity index (χ3n) is 2.39. The van der Waals surface area contributed by atoms with Crippen molar-refractivity contribution in [2.45, 2.75) is 40.0 Å². The van der Waals surface area contributed by atoms with Crippen molar-refractivity contribution in [3.8, 4) is 0 Å². The number of nitrogens with zero attached hydrogens (tertiary/aromatic N) is 1. The number of aryl methyl sites for hydroxylation is 1. The quantitative estimate of drug-likeness (QED) is 0.667. The average molecular weight is 201 g/mol. The van der Waals surface area contributed by atoms with Gasteiger partial charge in [0.2, 0.25) is 0 Å². The van der Waals surface area contributed by atoms with Crippen molar-refractivity contribution in [2.75, 3.05) is 0 Å². The van der Waals surface area contributed by atoms with Crippen LogP contribution in [-0.2, 0) is 0 Å². The second kappa shape index (κ2) is 6.21. The summed E-state index contributed by atoms with van der Waals surface area (Å²) in [6.45, 7) is 6.31. The first-order valence-corrected chi connectivity index (χ1v) is 5.61. The van der Waals surface area contributed by atoms with Crippen LogP contribution in [0.15, 0.2) is 30.1 Å². The number of hydrogen-bond acceptors (Lipinski definition) is 1. The maximum Gasteiger partial charge on any atom is 0.0767 e. The van der Waals surface area contributed by atoms with Crippen molar-refractivity contribution in [2.24, 2.45) is 0 Å². The van der Waals surface area contributed by atoms with Crippen molar-refractivity contribution in [1.82, 2.24) is 4.98 Å². The predicted molar refractivity (Wildman–Crippen MR) is 65.7 cm³/mol. The Balaban J connectivity index is 3.00. The molecule has 0 N–H and O–H groups in total. The summed E-state index contributed by atoms with van der Waals surface area (Å²) in [5, 5.41) is 0. The lowest BCUT2D eigenvalue weighted by Gasteiger charge is -2.06. The highest BCUT2D eigenvalue weighted by molar-refractivity contribution is 5.64. The van der Waals surface area contributed by atoms with Crippen LogP contribution in [0.4, 0.5) is 0 Å². The summed E-state index contributed by atoms with van der Waals surface area (Å²) in [5.41, 5.74) is 6.87. The number of hydrogen-bond donors (Lipinski definition) is 0. The lowest BCUT2D eigenvalue weighted by molar-refractivity contribution is 0.821. The molecule has 0 aromatic carbocycles. The van der Waals surface area contributed by atoms with Crippen LogP contribution in [0.25, 0.3) is 5.57 Å². The molecule has 1 rings (SSSR count). The molecule has 1 aromatic rings. The van der Waals surface area contributed by atoms with Gasteiger partial charge >= 0.3 is 0 Å². The molecule has 0 radical (unpaired) electrons. The van der Waals surface area contributed by atoms with E-state index in [9.17, 15) is 0 Å². The van der Waals surface area contributed by atoms with E-state index in [-0.39, 0.29) is 0 Å². The number of allylic oxidation sites excluding steroid dienone is 1. The maximum absolute atomic E-state index is 4.43. The molecule has 0 aliphatic rings. The van der Waals surface area contributed by atoms with Crippen LogP contribution in [0.2, 0.25) is 0 Å². The van der Waals surface area contributed by atoms with Gasteiger partial charge in [0, 0.05) is 11.8 Å². The predicted octanol–water partition coefficient (Wildman–Crippen LogP) is 4.14. The summed E-state index contributed by atoms with van der Waals surface area (Å²) < 4.78 is 0. The Labute approximate surface area is 92.6 Å². The second-order valence-electron chi connectivity index (χ2n) is 3.68. The SMILES string of the molecule is CC=C=C(CCCC)c1ncccc1C. The smallest absolute Gasteiger partial charge is 0.0767 e. The number of pyridine rings is 1. The topological polar surface area (TPSA) is 12.9 Å². The fraction of sp³-hybridized carbons (Fsp3) is 0.429. The molecule has 0 saturated heterocycles. The van der Waals surface area contributed by atoms with E-state index in [1.54, 1.807) is 0 Å². The van der Waals surface area contributed by atoms with Gasteiger partial charge in [0.25, 0.3) is 0 Å². The van der Waals surface area contributed by atoms with Crippen LogP contribution in [-0.4, -0.2) is 4.98 Å². The Bertz CT molecular complexity index is 371. The highest BCUT2D eigenvalue weighted by atomic mass is 14.7. The summed E-state index contributed by atoms with van der Waals surface area (Å²) in [4.78, 5) is 4.43. The third-order valence-corrected chi connectivity index (χ3v) is 2.39. The molecule has 1 aromatic heterocycles. The average Bonchev–Trinajstić information content (AvgIpc) is 2.25. The first-order valence-electron chi connectivity index (χ1n) is 5.61. The molecule has 1 heterocycles. The van der Waals surface area contributed by atoms with Gasteiger partial charge in [0.05, 0.1) is 5.69 Å². The van der Waals surface area contributed by atoms with Gasteiger partial charge in [-0.1, -0.05) is 19.4 Å². The Hall–Kier alpha value is -1.33. The highest BCUT2D eigenvalue weighted by Gasteiger charge is 2.04. The molecule has 0 fully saturated rings. The van der Waals surface area contributed by atoms with Crippen molar-refractivity contribution >= 4 is 5.57 Å². The van der Waals surface area contributed by atoms with Gasteiger partial charge < -0.3 is 0 Å². The molecule has 0 unspecified atom stereocenters. The van der Waals surface area contributed by atoms with Crippen LogP contribution in [0.3, 0.4) is 0 Å². The van der Waals surface area contributed by atoms with Crippen molar-refractivity contribution in [3.63, 3.8) is 0 Å². The van der Waals surface area contributed by atoms with E-state index in [4.69, 9.17) is 0 Å². The summed E-state index contributed by atoms with van der Waals surface area (Å²) >= 11 is 0. The fourth-order valence-electron chi connectivity index (χ4n) is 1.59. The zero-order chi connectivity index (χ0) is 11.1. The van der Waals surface area contributed by atoms with Crippen LogP contribution in [0.1, 0.15) is 44.4 Å². The van der Waals surface area contributed by atoms with Crippen molar-refractivity contribution in [1.29, 1.82) is 0 Å². The molecular weight excluding hydrogens is 182 g/mol. The van der Waals surface area contributed by atoms with E-state index < -0.39 is 0 Å². The number of rotatable bonds is 4. The van der Waals surface area contributed by atoms with Gasteiger partial charge in [-0.05, 0) is 44.4 Å². The molecule has 1 heteroatoms. The highest BCUT2D eigenvalue weighted by Crippen LogP contribution is 2.20. The van der Waals surface area contributed by atoms with Crippen LogP contribution < -0.4 is 0 Å². The number of aromatic nitrogens is 1. The van der Waals surface area contributed by atoms with Crippen molar-refractivity contribution in [3.05, 3.63) is 41.4 Å². The molecule has 0 aliphatic carbocycles. The van der Waals surface area contributed by atoms with Gasteiger partial charge in [-0.15, -0.1) is 5.73 Å². The summed E-state index contributed by atoms with van der Waals surface area (Å²) in [5.74, 6) is 0. The molecule has 0 amide bonds. The number of unbranched alkanes of at least 4 members (excludes halogenated alkanes) is 1. The van der Waals surface area contributed by atoms with Crippen LogP contribution in [0, 0.1) is 6.92 Å². The molecule has 0 aliphatic heterocycles. The van der Waals surface area contributed by atoms with Crippen molar-refractivity contribution < 1.29 is 0 Å². The van der Waals surface area contributed by atoms with E-state index in [0.29, 0.717) is 0 Å². The van der Waals surface area contributed by atoms with Gasteiger partial charge in [0.1, 0.15) is 0 Å². The van der Waals surface area contributed by atoms with Gasteiger partial charge in [-0.3, -0.25) is 4.98 Å². The first-order chi connectivity index (χ1) is 7.29. The van der Waals surface area contributed by atoms with Gasteiger partial charge in [-0.2, -0.15) is 0 Å². The minimum Gasteiger partial charge on any atom is -0.256 e. The van der Waals surface area contributed by atoms with Crippen LogP contribution >= 0.6 is 0 Å². The fourth-order valence-corrected chi connectivity index (χ4v) is 1.59. The second-order valence-corrected chi connectivity index (χ2v) is 3.68. The van der Waals surface area contributed by atoms with E-state index in [1.165, 1.54) is 24.0 Å². The maximum atomic E-state index is 4.43. The standard InChI is InChI=1S/C14H19N/c1-4-6-10-13(8-5-2)14-12(3)9-7-11-15-14/h5,7,9,11H,4,6,10H2,1-3H3. The molecule has 1 nitrogen and oxygen atoms in total.